The summed E-state index contributed by atoms with van der Waals surface area (Å²) in [6.07, 6.45) is 4.01. The highest BCUT2D eigenvalue weighted by Gasteiger charge is 2.27. The van der Waals surface area contributed by atoms with Gasteiger partial charge in [0, 0.05) is 13.2 Å². The van der Waals surface area contributed by atoms with Crippen molar-refractivity contribution in [3.8, 4) is 0 Å². The van der Waals surface area contributed by atoms with Gasteiger partial charge in [-0.25, -0.2) is 0 Å². The second-order valence-corrected chi connectivity index (χ2v) is 6.58. The molecule has 0 radical (unpaired) electrons. The number of aliphatic hydroxyl groups is 1. The third kappa shape index (κ3) is 4.42. The first-order valence-corrected chi connectivity index (χ1v) is 6.76. The normalized spacial score (nSPS) is 26.4. The highest BCUT2D eigenvalue weighted by atomic mass is 16.3. The molecule has 0 aromatic heterocycles. The zero-order valence-electron chi connectivity index (χ0n) is 11.5. The molecule has 1 saturated heterocycles. The Kier molecular flexibility index (Phi) is 5.26. The number of aliphatic hydroxyl groups excluding tert-OH is 1. The zero-order valence-corrected chi connectivity index (χ0v) is 11.5. The Morgan fingerprint density at radius 3 is 2.50 bits per heavy atom. The van der Waals surface area contributed by atoms with Crippen molar-refractivity contribution < 1.29 is 5.11 Å². The predicted molar refractivity (Wildman–Crippen MR) is 69.5 cm³/mol. The van der Waals surface area contributed by atoms with E-state index < -0.39 is 0 Å². The van der Waals surface area contributed by atoms with E-state index in [-0.39, 0.29) is 0 Å². The van der Waals surface area contributed by atoms with Gasteiger partial charge in [-0.05, 0) is 49.6 Å². The smallest absolute Gasteiger partial charge is 0.0468 e. The van der Waals surface area contributed by atoms with Crippen molar-refractivity contribution in [1.29, 1.82) is 0 Å². The van der Waals surface area contributed by atoms with Crippen LogP contribution in [0.3, 0.4) is 0 Å². The molecule has 1 N–H and O–H groups in total. The van der Waals surface area contributed by atoms with Crippen molar-refractivity contribution in [2.24, 2.45) is 17.3 Å². The molecule has 1 rings (SSSR count). The van der Waals surface area contributed by atoms with Gasteiger partial charge in [-0.3, -0.25) is 0 Å². The summed E-state index contributed by atoms with van der Waals surface area (Å²) in [5.74, 6) is 1.29. The topological polar surface area (TPSA) is 23.5 Å². The number of likely N-dealkylation sites (tertiary alicyclic amines) is 1. The van der Waals surface area contributed by atoms with Gasteiger partial charge in [0.1, 0.15) is 0 Å². The van der Waals surface area contributed by atoms with Crippen molar-refractivity contribution in [2.75, 3.05) is 26.2 Å². The lowest BCUT2D eigenvalue weighted by Gasteiger charge is -2.30. The van der Waals surface area contributed by atoms with Crippen LogP contribution in [0.25, 0.3) is 0 Å². The van der Waals surface area contributed by atoms with E-state index in [1.165, 1.54) is 32.4 Å². The molecule has 0 saturated carbocycles. The minimum atomic E-state index is 0.319. The van der Waals surface area contributed by atoms with Gasteiger partial charge in [0.05, 0.1) is 0 Å². The maximum Gasteiger partial charge on any atom is 0.0468 e. The fourth-order valence-corrected chi connectivity index (χ4v) is 2.70. The van der Waals surface area contributed by atoms with E-state index >= 15 is 0 Å². The highest BCUT2D eigenvalue weighted by molar-refractivity contribution is 4.79. The Morgan fingerprint density at radius 2 is 1.94 bits per heavy atom. The van der Waals surface area contributed by atoms with Crippen LogP contribution in [0, 0.1) is 17.3 Å². The number of hydrogen-bond acceptors (Lipinski definition) is 2. The standard InChI is InChI=1S/C14H29NO/c1-12(11-16)10-15-8-5-6-13(7-9-15)14(2,3)4/h12-13,16H,5-11H2,1-4H3/t12-,13-/m1/s1. The van der Waals surface area contributed by atoms with Crippen LogP contribution in [-0.4, -0.2) is 36.2 Å². The summed E-state index contributed by atoms with van der Waals surface area (Å²) in [5, 5.41) is 9.09. The van der Waals surface area contributed by atoms with Crippen LogP contribution < -0.4 is 0 Å². The molecule has 1 fully saturated rings. The second-order valence-electron chi connectivity index (χ2n) is 6.58. The third-order valence-corrected chi connectivity index (χ3v) is 3.93. The fraction of sp³-hybridized carbons (Fsp3) is 1.00. The Balaban J connectivity index is 2.40. The largest absolute Gasteiger partial charge is 0.396 e. The summed E-state index contributed by atoms with van der Waals surface area (Å²) in [6.45, 7) is 13.0. The molecule has 1 aliphatic heterocycles. The van der Waals surface area contributed by atoms with Crippen LogP contribution in [0.15, 0.2) is 0 Å². The van der Waals surface area contributed by atoms with Crippen LogP contribution in [0.1, 0.15) is 47.0 Å². The maximum absolute atomic E-state index is 9.09. The average Bonchev–Trinajstić information content (AvgIpc) is 2.42. The van der Waals surface area contributed by atoms with Crippen LogP contribution >= 0.6 is 0 Å². The lowest BCUT2D eigenvalue weighted by molar-refractivity contribution is 0.168. The van der Waals surface area contributed by atoms with Crippen molar-refractivity contribution in [2.45, 2.75) is 47.0 Å². The second kappa shape index (κ2) is 6.02. The number of rotatable bonds is 3. The number of hydrogen-bond donors (Lipinski definition) is 1. The van der Waals surface area contributed by atoms with E-state index in [1.807, 2.05) is 0 Å². The molecule has 0 aromatic carbocycles. The SMILES string of the molecule is C[C@@H](CO)CN1CCC[C@@H](C(C)(C)C)CC1. The van der Waals surface area contributed by atoms with Crippen molar-refractivity contribution >= 4 is 0 Å². The first-order chi connectivity index (χ1) is 7.43. The lowest BCUT2D eigenvalue weighted by atomic mass is 9.77. The molecule has 16 heavy (non-hydrogen) atoms. The van der Waals surface area contributed by atoms with Gasteiger partial charge in [-0.15, -0.1) is 0 Å². The molecule has 0 bridgehead atoms. The first-order valence-electron chi connectivity index (χ1n) is 6.76. The summed E-state index contributed by atoms with van der Waals surface area (Å²) in [5.41, 5.74) is 0.457. The molecule has 0 unspecified atom stereocenters. The molecule has 2 nitrogen and oxygen atoms in total. The van der Waals surface area contributed by atoms with Crippen molar-refractivity contribution in [3.63, 3.8) is 0 Å². The van der Waals surface area contributed by atoms with Crippen LogP contribution in [0.5, 0.6) is 0 Å². The van der Waals surface area contributed by atoms with Gasteiger partial charge >= 0.3 is 0 Å². The lowest BCUT2D eigenvalue weighted by Crippen LogP contribution is -2.31. The van der Waals surface area contributed by atoms with Gasteiger partial charge in [0.2, 0.25) is 0 Å². The quantitative estimate of drug-likeness (QED) is 0.801. The van der Waals surface area contributed by atoms with Gasteiger partial charge in [0.15, 0.2) is 0 Å². The Labute approximate surface area is 101 Å². The monoisotopic (exact) mass is 227 g/mol. The van der Waals surface area contributed by atoms with E-state index in [1.54, 1.807) is 0 Å². The predicted octanol–water partition coefficient (Wildman–Crippen LogP) is 2.76. The summed E-state index contributed by atoms with van der Waals surface area (Å²) >= 11 is 0. The average molecular weight is 227 g/mol. The molecular weight excluding hydrogens is 198 g/mol. The van der Waals surface area contributed by atoms with E-state index in [9.17, 15) is 0 Å². The molecule has 1 aliphatic rings. The fourth-order valence-electron chi connectivity index (χ4n) is 2.70. The summed E-state index contributed by atoms with van der Waals surface area (Å²) in [4.78, 5) is 2.53. The molecule has 96 valence electrons. The van der Waals surface area contributed by atoms with Gasteiger partial charge in [0.25, 0.3) is 0 Å². The molecule has 0 amide bonds. The molecule has 0 spiro atoms. The zero-order chi connectivity index (χ0) is 12.2. The van der Waals surface area contributed by atoms with Crippen LogP contribution in [-0.2, 0) is 0 Å². The van der Waals surface area contributed by atoms with E-state index in [0.717, 1.165) is 12.5 Å². The molecular formula is C14H29NO. The Bertz CT molecular complexity index is 197. The summed E-state index contributed by atoms with van der Waals surface area (Å²) in [6, 6.07) is 0. The minimum Gasteiger partial charge on any atom is -0.396 e. The van der Waals surface area contributed by atoms with Gasteiger partial charge < -0.3 is 10.0 Å². The first kappa shape index (κ1) is 14.0. The molecule has 2 atom stereocenters. The Hall–Kier alpha value is -0.0800. The van der Waals surface area contributed by atoms with E-state index in [0.29, 0.717) is 17.9 Å². The van der Waals surface area contributed by atoms with E-state index in [2.05, 4.69) is 32.6 Å². The molecule has 2 heteroatoms. The van der Waals surface area contributed by atoms with Crippen LogP contribution in [0.2, 0.25) is 0 Å². The molecule has 0 aromatic rings. The van der Waals surface area contributed by atoms with Crippen molar-refractivity contribution in [1.82, 2.24) is 4.90 Å². The molecule has 1 heterocycles. The van der Waals surface area contributed by atoms with Crippen molar-refractivity contribution in [3.05, 3.63) is 0 Å². The maximum atomic E-state index is 9.09. The third-order valence-electron chi connectivity index (χ3n) is 3.93. The number of nitrogens with zero attached hydrogens (tertiary/aromatic N) is 1. The van der Waals surface area contributed by atoms with E-state index in [4.69, 9.17) is 5.11 Å². The Morgan fingerprint density at radius 1 is 1.25 bits per heavy atom. The summed E-state index contributed by atoms with van der Waals surface area (Å²) < 4.78 is 0. The van der Waals surface area contributed by atoms with Gasteiger partial charge in [-0.2, -0.15) is 0 Å². The highest BCUT2D eigenvalue weighted by Crippen LogP contribution is 2.34. The summed E-state index contributed by atoms with van der Waals surface area (Å²) in [7, 11) is 0. The minimum absolute atomic E-state index is 0.319. The van der Waals surface area contributed by atoms with Gasteiger partial charge in [-0.1, -0.05) is 27.7 Å². The van der Waals surface area contributed by atoms with Crippen LogP contribution in [0.4, 0.5) is 0 Å². The molecule has 0 aliphatic carbocycles.